The SMILES string of the molecule is CC(C)(C)[Si](O[C@H]1CC[C@@]2(C)C(=CCC3C2CC[C@@]2(C)C3CC[C@@H]2c2c[nH]nn2)C1)(c1ccccc1)c1ccccc1. The summed E-state index contributed by atoms with van der Waals surface area (Å²) in [5, 5.41) is 14.4. The third-order valence-electron chi connectivity index (χ3n) is 12.6. The van der Waals surface area contributed by atoms with Crippen LogP contribution in [0, 0.1) is 28.6 Å². The highest BCUT2D eigenvalue weighted by Gasteiger charge is 2.60. The summed E-state index contributed by atoms with van der Waals surface area (Å²) in [6.45, 7) is 12.4. The number of allylic oxidation sites excluding steroid dienone is 1. The first-order valence-corrected chi connectivity index (χ1v) is 18.4. The van der Waals surface area contributed by atoms with Crippen molar-refractivity contribution in [1.82, 2.24) is 15.4 Å². The third-order valence-corrected chi connectivity index (χ3v) is 17.7. The summed E-state index contributed by atoms with van der Waals surface area (Å²) in [5.74, 6) is 2.93. The summed E-state index contributed by atoms with van der Waals surface area (Å²) in [5.41, 5.74) is 3.55. The Hall–Kier alpha value is -2.50. The van der Waals surface area contributed by atoms with E-state index in [9.17, 15) is 0 Å². The summed E-state index contributed by atoms with van der Waals surface area (Å²) in [6.07, 6.45) is 15.0. The lowest BCUT2D eigenvalue weighted by Crippen LogP contribution is -2.68. The minimum atomic E-state index is -2.55. The maximum Gasteiger partial charge on any atom is 0.261 e. The van der Waals surface area contributed by atoms with Crippen LogP contribution >= 0.6 is 0 Å². The second kappa shape index (κ2) is 10.3. The molecular formula is C37H49N3OSi. The molecule has 4 aliphatic carbocycles. The monoisotopic (exact) mass is 579 g/mol. The lowest BCUT2D eigenvalue weighted by Gasteiger charge is -2.58. The van der Waals surface area contributed by atoms with E-state index in [0.717, 1.165) is 30.6 Å². The molecule has 222 valence electrons. The second-order valence-electron chi connectivity index (χ2n) is 15.5. The number of nitrogens with zero attached hydrogens (tertiary/aromatic N) is 2. The van der Waals surface area contributed by atoms with Gasteiger partial charge in [-0.05, 0) is 95.4 Å². The number of H-pyrrole nitrogens is 1. The average Bonchev–Trinajstić information content (AvgIpc) is 3.64. The van der Waals surface area contributed by atoms with Gasteiger partial charge in [-0.25, -0.2) is 0 Å². The van der Waals surface area contributed by atoms with Crippen LogP contribution in [0.3, 0.4) is 0 Å². The standard InChI is InChI=1S/C37H49N3OSi/c1-35(2,3)42(28-12-8-6-9-13-28,29-14-10-7-11-15-29)41-27-20-22-36(4)26(24-27)16-17-30-31-18-19-33(34-25-38-40-39-34)37(31,5)23-21-32(30)36/h6-16,25,27,30-33H,17-24H2,1-5H3,(H,38,39,40)/t27-,30?,31?,32?,33+,36-,37-/m0/s1. The zero-order valence-electron chi connectivity index (χ0n) is 26.3. The van der Waals surface area contributed by atoms with Gasteiger partial charge >= 0.3 is 0 Å². The van der Waals surface area contributed by atoms with E-state index in [-0.39, 0.29) is 11.1 Å². The lowest BCUT2D eigenvalue weighted by molar-refractivity contribution is -0.0399. The molecule has 4 aliphatic rings. The van der Waals surface area contributed by atoms with Gasteiger partial charge in [0.15, 0.2) is 0 Å². The van der Waals surface area contributed by atoms with Gasteiger partial charge in [-0.15, -0.1) is 5.10 Å². The molecule has 42 heavy (non-hydrogen) atoms. The maximum absolute atomic E-state index is 7.67. The number of hydrogen-bond acceptors (Lipinski definition) is 3. The molecule has 0 amide bonds. The number of hydrogen-bond donors (Lipinski definition) is 1. The van der Waals surface area contributed by atoms with Crippen molar-refractivity contribution < 1.29 is 4.43 Å². The maximum atomic E-state index is 7.67. The largest absolute Gasteiger partial charge is 0.404 e. The van der Waals surface area contributed by atoms with E-state index in [0.29, 0.717) is 16.7 Å². The van der Waals surface area contributed by atoms with Gasteiger partial charge in [0.2, 0.25) is 0 Å². The molecule has 2 aromatic carbocycles. The van der Waals surface area contributed by atoms with E-state index >= 15 is 0 Å². The fraction of sp³-hybridized carbons (Fsp3) is 0.568. The number of nitrogens with one attached hydrogen (secondary N) is 1. The smallest absolute Gasteiger partial charge is 0.261 e. The molecular weight excluding hydrogens is 531 g/mol. The van der Waals surface area contributed by atoms with Gasteiger partial charge in [-0.3, -0.25) is 5.10 Å². The van der Waals surface area contributed by atoms with Crippen LogP contribution in [-0.2, 0) is 4.43 Å². The van der Waals surface area contributed by atoms with Crippen molar-refractivity contribution in [2.24, 2.45) is 28.6 Å². The highest BCUT2D eigenvalue weighted by molar-refractivity contribution is 6.99. The molecule has 0 spiro atoms. The van der Waals surface area contributed by atoms with E-state index < -0.39 is 8.32 Å². The minimum absolute atomic E-state index is 0.0131. The van der Waals surface area contributed by atoms with Gasteiger partial charge < -0.3 is 4.43 Å². The van der Waals surface area contributed by atoms with Crippen LogP contribution in [-0.4, -0.2) is 29.8 Å². The zero-order chi connectivity index (χ0) is 29.2. The number of aromatic nitrogens is 3. The van der Waals surface area contributed by atoms with Gasteiger partial charge in [0, 0.05) is 18.2 Å². The van der Waals surface area contributed by atoms with Gasteiger partial charge in [0.25, 0.3) is 8.32 Å². The summed E-state index contributed by atoms with van der Waals surface area (Å²) >= 11 is 0. The molecule has 1 aromatic heterocycles. The Labute approximate surface area is 253 Å². The van der Waals surface area contributed by atoms with Crippen molar-refractivity contribution in [2.75, 3.05) is 0 Å². The van der Waals surface area contributed by atoms with Crippen molar-refractivity contribution in [3.63, 3.8) is 0 Å². The highest BCUT2D eigenvalue weighted by atomic mass is 28.4. The Morgan fingerprint density at radius 3 is 2.17 bits per heavy atom. The van der Waals surface area contributed by atoms with E-state index in [4.69, 9.17) is 4.43 Å². The fourth-order valence-electron chi connectivity index (χ4n) is 10.5. The molecule has 1 heterocycles. The van der Waals surface area contributed by atoms with Crippen LogP contribution in [0.15, 0.2) is 78.5 Å². The Balaban J connectivity index is 1.18. The highest BCUT2D eigenvalue weighted by Crippen LogP contribution is 2.68. The van der Waals surface area contributed by atoms with Gasteiger partial charge in [-0.1, -0.05) is 112 Å². The molecule has 3 saturated carbocycles. The predicted molar refractivity (Wildman–Crippen MR) is 173 cm³/mol. The normalized spacial score (nSPS) is 34.7. The van der Waals surface area contributed by atoms with Crippen LogP contribution in [0.1, 0.15) is 97.6 Å². The molecule has 3 aromatic rings. The Morgan fingerprint density at radius 2 is 1.55 bits per heavy atom. The molecule has 7 rings (SSSR count). The molecule has 0 radical (unpaired) electrons. The molecule has 7 atom stereocenters. The fourth-order valence-corrected chi connectivity index (χ4v) is 15.3. The first-order valence-electron chi connectivity index (χ1n) is 16.5. The Morgan fingerprint density at radius 1 is 0.857 bits per heavy atom. The van der Waals surface area contributed by atoms with Crippen LogP contribution in [0.2, 0.25) is 5.04 Å². The van der Waals surface area contributed by atoms with Crippen LogP contribution < -0.4 is 10.4 Å². The Kier molecular flexibility index (Phi) is 6.93. The zero-order valence-corrected chi connectivity index (χ0v) is 27.3. The third kappa shape index (κ3) is 4.24. The molecule has 0 bridgehead atoms. The number of fused-ring (bicyclic) bond motifs is 5. The minimum Gasteiger partial charge on any atom is -0.404 e. The number of aromatic amines is 1. The van der Waals surface area contributed by atoms with Gasteiger partial charge in [0.1, 0.15) is 0 Å². The van der Waals surface area contributed by atoms with E-state index in [1.807, 2.05) is 0 Å². The van der Waals surface area contributed by atoms with E-state index in [2.05, 4.69) is 123 Å². The number of benzene rings is 2. The molecule has 1 N–H and O–H groups in total. The van der Waals surface area contributed by atoms with Crippen LogP contribution in [0.4, 0.5) is 0 Å². The quantitative estimate of drug-likeness (QED) is 0.248. The average molecular weight is 580 g/mol. The van der Waals surface area contributed by atoms with Crippen molar-refractivity contribution in [3.8, 4) is 0 Å². The summed E-state index contributed by atoms with van der Waals surface area (Å²) < 4.78 is 7.67. The van der Waals surface area contributed by atoms with Gasteiger partial charge in [-0.2, -0.15) is 0 Å². The first-order chi connectivity index (χ1) is 20.2. The molecule has 4 nitrogen and oxygen atoms in total. The summed E-state index contributed by atoms with van der Waals surface area (Å²) in [6, 6.07) is 22.4. The lowest BCUT2D eigenvalue weighted by atomic mass is 9.47. The molecule has 3 fully saturated rings. The van der Waals surface area contributed by atoms with Crippen molar-refractivity contribution in [3.05, 3.63) is 84.2 Å². The second-order valence-corrected chi connectivity index (χ2v) is 19.7. The van der Waals surface area contributed by atoms with Crippen LogP contribution in [0.25, 0.3) is 0 Å². The van der Waals surface area contributed by atoms with E-state index in [1.54, 1.807) is 5.57 Å². The molecule has 3 unspecified atom stereocenters. The molecule has 0 saturated heterocycles. The van der Waals surface area contributed by atoms with E-state index in [1.165, 1.54) is 54.6 Å². The van der Waals surface area contributed by atoms with Crippen LogP contribution in [0.5, 0.6) is 0 Å². The summed E-state index contributed by atoms with van der Waals surface area (Å²) in [4.78, 5) is 0. The van der Waals surface area contributed by atoms with Crippen molar-refractivity contribution in [1.29, 1.82) is 0 Å². The summed E-state index contributed by atoms with van der Waals surface area (Å²) in [7, 11) is -2.55. The molecule has 0 aliphatic heterocycles. The van der Waals surface area contributed by atoms with Crippen molar-refractivity contribution in [2.45, 2.75) is 103 Å². The van der Waals surface area contributed by atoms with Crippen molar-refractivity contribution >= 4 is 18.7 Å². The molecule has 5 heteroatoms. The topological polar surface area (TPSA) is 50.8 Å². The number of rotatable bonds is 5. The Bertz CT molecular complexity index is 1370. The predicted octanol–water partition coefficient (Wildman–Crippen LogP) is 7.80. The van der Waals surface area contributed by atoms with Gasteiger partial charge in [0.05, 0.1) is 5.69 Å². The first kappa shape index (κ1) is 28.3.